The van der Waals surface area contributed by atoms with Crippen molar-refractivity contribution in [2.24, 2.45) is 0 Å². The number of hydrogen-bond acceptors (Lipinski definition) is 5. The molecule has 0 heterocycles. The lowest BCUT2D eigenvalue weighted by Crippen LogP contribution is -2.42. The van der Waals surface area contributed by atoms with Gasteiger partial charge in [0, 0.05) is 13.5 Å². The molecular weight excluding hydrogens is 252 g/mol. The fourth-order valence-corrected chi connectivity index (χ4v) is 1.26. The lowest BCUT2D eigenvalue weighted by atomic mass is 10.1. The summed E-state index contributed by atoms with van der Waals surface area (Å²) in [6.45, 7) is 5.17. The lowest BCUT2D eigenvalue weighted by molar-refractivity contribution is -0.141. The first-order valence-electron chi connectivity index (χ1n) is 5.95. The SMILES string of the molecule is CNC(=O)C[C@@H](CC(=O)OC)NC(=O)OC(C)(C)C. The summed E-state index contributed by atoms with van der Waals surface area (Å²) in [5.41, 5.74) is -0.646. The minimum absolute atomic E-state index is 0.0230. The second-order valence-electron chi connectivity index (χ2n) is 5.00. The molecule has 0 aromatic heterocycles. The standard InChI is InChI=1S/C12H22N2O5/c1-12(2,3)19-11(17)14-8(6-9(15)13-4)7-10(16)18-5/h8H,6-7H2,1-5H3,(H,13,15)(H,14,17)/t8-/m0/s1. The van der Waals surface area contributed by atoms with Crippen LogP contribution in [-0.2, 0) is 19.1 Å². The van der Waals surface area contributed by atoms with E-state index >= 15 is 0 Å². The monoisotopic (exact) mass is 274 g/mol. The van der Waals surface area contributed by atoms with Crippen molar-refractivity contribution in [3.63, 3.8) is 0 Å². The van der Waals surface area contributed by atoms with E-state index in [2.05, 4.69) is 15.4 Å². The molecule has 0 rings (SSSR count). The molecule has 19 heavy (non-hydrogen) atoms. The van der Waals surface area contributed by atoms with Gasteiger partial charge in [-0.25, -0.2) is 4.79 Å². The molecule has 110 valence electrons. The second kappa shape index (κ2) is 7.60. The maximum absolute atomic E-state index is 11.6. The first kappa shape index (κ1) is 17.2. The average Bonchev–Trinajstić information content (AvgIpc) is 2.25. The number of esters is 1. The van der Waals surface area contributed by atoms with Gasteiger partial charge in [-0.15, -0.1) is 0 Å². The summed E-state index contributed by atoms with van der Waals surface area (Å²) in [5.74, 6) is -0.796. The average molecular weight is 274 g/mol. The zero-order chi connectivity index (χ0) is 15.1. The predicted molar refractivity (Wildman–Crippen MR) is 68.5 cm³/mol. The van der Waals surface area contributed by atoms with E-state index in [-0.39, 0.29) is 18.7 Å². The van der Waals surface area contributed by atoms with Gasteiger partial charge in [-0.1, -0.05) is 0 Å². The molecule has 0 aliphatic heterocycles. The molecule has 0 aromatic carbocycles. The zero-order valence-corrected chi connectivity index (χ0v) is 12.0. The molecule has 0 unspecified atom stereocenters. The third-order valence-electron chi connectivity index (χ3n) is 2.07. The Morgan fingerprint density at radius 2 is 1.74 bits per heavy atom. The molecule has 2 N–H and O–H groups in total. The highest BCUT2D eigenvalue weighted by Gasteiger charge is 2.23. The van der Waals surface area contributed by atoms with Gasteiger partial charge in [0.25, 0.3) is 0 Å². The summed E-state index contributed by atoms with van der Waals surface area (Å²) in [4.78, 5) is 34.1. The van der Waals surface area contributed by atoms with E-state index in [1.807, 2.05) is 0 Å². The number of nitrogens with one attached hydrogen (secondary N) is 2. The fraction of sp³-hybridized carbons (Fsp3) is 0.750. The minimum atomic E-state index is -0.676. The first-order valence-corrected chi connectivity index (χ1v) is 5.95. The normalized spacial score (nSPS) is 12.3. The largest absolute Gasteiger partial charge is 0.469 e. The van der Waals surface area contributed by atoms with Crippen LogP contribution in [0.5, 0.6) is 0 Å². The molecule has 0 spiro atoms. The minimum Gasteiger partial charge on any atom is -0.469 e. The molecule has 0 aliphatic rings. The second-order valence-corrected chi connectivity index (χ2v) is 5.00. The molecule has 7 nitrogen and oxygen atoms in total. The lowest BCUT2D eigenvalue weighted by Gasteiger charge is -2.22. The van der Waals surface area contributed by atoms with Crippen molar-refractivity contribution in [3.8, 4) is 0 Å². The van der Waals surface area contributed by atoms with Crippen LogP contribution >= 0.6 is 0 Å². The third-order valence-corrected chi connectivity index (χ3v) is 2.07. The van der Waals surface area contributed by atoms with Crippen LogP contribution in [0.1, 0.15) is 33.6 Å². The van der Waals surface area contributed by atoms with Crippen LogP contribution in [-0.4, -0.2) is 43.8 Å². The van der Waals surface area contributed by atoms with Gasteiger partial charge < -0.3 is 20.1 Å². The molecular formula is C12H22N2O5. The molecule has 0 bridgehead atoms. The van der Waals surface area contributed by atoms with Crippen LogP contribution in [0.3, 0.4) is 0 Å². The van der Waals surface area contributed by atoms with Crippen LogP contribution in [0, 0.1) is 0 Å². The van der Waals surface area contributed by atoms with Gasteiger partial charge in [-0.3, -0.25) is 9.59 Å². The Labute approximate surface area is 113 Å². The Hall–Kier alpha value is -1.79. The highest BCUT2D eigenvalue weighted by Crippen LogP contribution is 2.08. The number of alkyl carbamates (subject to hydrolysis) is 1. The van der Waals surface area contributed by atoms with Crippen LogP contribution in [0.15, 0.2) is 0 Å². The maximum atomic E-state index is 11.6. The predicted octanol–water partition coefficient (Wildman–Crippen LogP) is 0.579. The van der Waals surface area contributed by atoms with Crippen LogP contribution in [0.2, 0.25) is 0 Å². The Balaban J connectivity index is 4.52. The molecule has 0 aromatic rings. The zero-order valence-electron chi connectivity index (χ0n) is 12.0. The van der Waals surface area contributed by atoms with Gasteiger partial charge in [0.1, 0.15) is 5.60 Å². The van der Waals surface area contributed by atoms with E-state index in [4.69, 9.17) is 4.74 Å². The van der Waals surface area contributed by atoms with Crippen LogP contribution < -0.4 is 10.6 Å². The Kier molecular flexibility index (Phi) is 6.89. The van der Waals surface area contributed by atoms with Crippen LogP contribution in [0.25, 0.3) is 0 Å². The molecule has 0 radical (unpaired) electrons. The van der Waals surface area contributed by atoms with Gasteiger partial charge in [-0.2, -0.15) is 0 Å². The van der Waals surface area contributed by atoms with E-state index in [1.54, 1.807) is 20.8 Å². The van der Waals surface area contributed by atoms with Gasteiger partial charge in [0.15, 0.2) is 0 Å². The number of rotatable bonds is 5. The molecule has 7 heteroatoms. The van der Waals surface area contributed by atoms with E-state index in [1.165, 1.54) is 14.2 Å². The number of ether oxygens (including phenoxy) is 2. The highest BCUT2D eigenvalue weighted by atomic mass is 16.6. The van der Waals surface area contributed by atoms with Crippen molar-refractivity contribution in [2.45, 2.75) is 45.3 Å². The van der Waals surface area contributed by atoms with Gasteiger partial charge in [-0.05, 0) is 20.8 Å². The number of methoxy groups -OCH3 is 1. The topological polar surface area (TPSA) is 93.7 Å². The van der Waals surface area contributed by atoms with E-state index in [0.29, 0.717) is 0 Å². The number of carbonyl (C=O) groups excluding carboxylic acids is 3. The molecule has 0 saturated heterocycles. The van der Waals surface area contributed by atoms with Crippen molar-refractivity contribution in [3.05, 3.63) is 0 Å². The molecule has 0 fully saturated rings. The molecule has 1 atom stereocenters. The Morgan fingerprint density at radius 1 is 1.16 bits per heavy atom. The number of carbonyl (C=O) groups is 3. The van der Waals surface area contributed by atoms with Crippen molar-refractivity contribution in [2.75, 3.05) is 14.2 Å². The maximum Gasteiger partial charge on any atom is 0.407 e. The Morgan fingerprint density at radius 3 is 2.16 bits per heavy atom. The van der Waals surface area contributed by atoms with Gasteiger partial charge in [0.05, 0.1) is 19.6 Å². The summed E-state index contributed by atoms with van der Waals surface area (Å²) in [7, 11) is 2.72. The van der Waals surface area contributed by atoms with E-state index in [9.17, 15) is 14.4 Å². The van der Waals surface area contributed by atoms with E-state index < -0.39 is 23.7 Å². The van der Waals surface area contributed by atoms with E-state index in [0.717, 1.165) is 0 Å². The van der Waals surface area contributed by atoms with Crippen molar-refractivity contribution in [1.29, 1.82) is 0 Å². The van der Waals surface area contributed by atoms with Crippen LogP contribution in [0.4, 0.5) is 4.79 Å². The molecule has 0 aliphatic carbocycles. The van der Waals surface area contributed by atoms with Crippen molar-refractivity contribution < 1.29 is 23.9 Å². The van der Waals surface area contributed by atoms with Crippen molar-refractivity contribution >= 4 is 18.0 Å². The van der Waals surface area contributed by atoms with Gasteiger partial charge in [0.2, 0.25) is 5.91 Å². The highest BCUT2D eigenvalue weighted by molar-refractivity contribution is 5.79. The summed E-state index contributed by atoms with van der Waals surface area (Å²) in [5, 5.41) is 4.91. The molecule has 2 amide bonds. The summed E-state index contributed by atoms with van der Waals surface area (Å²) in [6, 6.07) is -0.665. The third kappa shape index (κ3) is 8.87. The van der Waals surface area contributed by atoms with Crippen molar-refractivity contribution in [1.82, 2.24) is 10.6 Å². The summed E-state index contributed by atoms with van der Waals surface area (Å²) >= 11 is 0. The summed E-state index contributed by atoms with van der Waals surface area (Å²) < 4.78 is 9.58. The summed E-state index contributed by atoms with van der Waals surface area (Å²) in [6.07, 6.45) is -0.793. The van der Waals surface area contributed by atoms with Gasteiger partial charge >= 0.3 is 12.1 Å². The number of amides is 2. The fourth-order valence-electron chi connectivity index (χ4n) is 1.26. The first-order chi connectivity index (χ1) is 8.67. The quantitative estimate of drug-likeness (QED) is 0.715. The molecule has 0 saturated carbocycles. The number of hydrogen-bond donors (Lipinski definition) is 2. The smallest absolute Gasteiger partial charge is 0.407 e. The Bertz CT molecular complexity index is 318.